The lowest BCUT2D eigenvalue weighted by Crippen LogP contribution is -2.34. The van der Waals surface area contributed by atoms with Gasteiger partial charge in [-0.2, -0.15) is 0 Å². The molecule has 186 valence electrons. The summed E-state index contributed by atoms with van der Waals surface area (Å²) in [5.41, 5.74) is 0. The van der Waals surface area contributed by atoms with Gasteiger partial charge in [0.2, 0.25) is 6.29 Å². The van der Waals surface area contributed by atoms with Crippen LogP contribution in [-0.2, 0) is 23.7 Å². The molecular weight excluding hydrogens is 431 g/mol. The van der Waals surface area contributed by atoms with Gasteiger partial charge < -0.3 is 44.5 Å². The number of methoxy groups -OCH3 is 1. The van der Waals surface area contributed by atoms with Crippen molar-refractivity contribution in [3.8, 4) is 0 Å². The largest absolute Gasteiger partial charge is 0.436 e. The maximum atomic E-state index is 11.8. The molecule has 0 bridgehead atoms. The first-order valence-electron chi connectivity index (χ1n) is 10.7. The molecule has 0 saturated carbocycles. The van der Waals surface area contributed by atoms with E-state index in [2.05, 4.69) is 0 Å². The van der Waals surface area contributed by atoms with Crippen LogP contribution in [0.4, 0.5) is 0 Å². The van der Waals surface area contributed by atoms with Crippen LogP contribution in [0.3, 0.4) is 0 Å². The molecule has 5 N–H and O–H groups in total. The van der Waals surface area contributed by atoms with Crippen molar-refractivity contribution >= 4 is 14.6 Å². The van der Waals surface area contributed by atoms with E-state index in [4.69, 9.17) is 24.1 Å². The standard InChI is InChI=1S/C20H41O10P/c1-14(27-3)16(23)11-19(25)28-10-8-6-4-5-7-9-18(24)30-15(2)29-17(12-21)20(26)31-13-22/h14-17,19-23,25-26,31H,4-13H2,1-3H3/t14?,15?,16?,17?,19-,20?/m1/s1. The van der Waals surface area contributed by atoms with Crippen molar-refractivity contribution in [1.82, 2.24) is 0 Å². The summed E-state index contributed by atoms with van der Waals surface area (Å²) in [7, 11) is 1.31. The SMILES string of the molecule is COC(C)C(O)C[C@H](O)OCCCCCCCC(=O)OC(C)OC(CO)C(O)PCO. The average molecular weight is 473 g/mol. The van der Waals surface area contributed by atoms with E-state index < -0.39 is 43.2 Å². The van der Waals surface area contributed by atoms with E-state index in [0.29, 0.717) is 13.0 Å². The van der Waals surface area contributed by atoms with Gasteiger partial charge in [-0.05, 0) is 26.7 Å². The monoisotopic (exact) mass is 472 g/mol. The zero-order valence-electron chi connectivity index (χ0n) is 18.8. The van der Waals surface area contributed by atoms with Gasteiger partial charge in [0.15, 0.2) is 6.29 Å². The Kier molecular flexibility index (Phi) is 18.8. The summed E-state index contributed by atoms with van der Waals surface area (Å²) in [6, 6.07) is 0. The molecule has 0 fully saturated rings. The lowest BCUT2D eigenvalue weighted by atomic mass is 10.1. The minimum atomic E-state index is -1.03. The Hall–Kier alpha value is -0.420. The van der Waals surface area contributed by atoms with Gasteiger partial charge in [0, 0.05) is 26.6 Å². The third-order valence-corrected chi connectivity index (χ3v) is 5.66. The van der Waals surface area contributed by atoms with E-state index in [0.717, 1.165) is 25.7 Å². The lowest BCUT2D eigenvalue weighted by molar-refractivity contribution is -0.194. The van der Waals surface area contributed by atoms with Crippen LogP contribution in [0.2, 0.25) is 0 Å². The molecule has 0 aliphatic rings. The summed E-state index contributed by atoms with van der Waals surface area (Å²) in [5.74, 6) is -1.43. The first-order chi connectivity index (χ1) is 14.7. The highest BCUT2D eigenvalue weighted by molar-refractivity contribution is 7.38. The summed E-state index contributed by atoms with van der Waals surface area (Å²) in [5, 5.41) is 47.3. The summed E-state index contributed by atoms with van der Waals surface area (Å²) < 4.78 is 20.7. The maximum Gasteiger partial charge on any atom is 0.308 e. The topological polar surface area (TPSA) is 155 Å². The molecule has 0 radical (unpaired) electrons. The number of rotatable bonds is 20. The van der Waals surface area contributed by atoms with Crippen LogP contribution in [0.1, 0.15) is 58.8 Å². The van der Waals surface area contributed by atoms with Crippen molar-refractivity contribution < 1.29 is 49.3 Å². The summed E-state index contributed by atoms with van der Waals surface area (Å²) in [6.45, 7) is 3.18. The number of esters is 1. The fourth-order valence-electron chi connectivity index (χ4n) is 2.70. The Balaban J connectivity index is 3.75. The quantitative estimate of drug-likeness (QED) is 0.0738. The fourth-order valence-corrected chi connectivity index (χ4v) is 3.34. The number of hydrogen-bond acceptors (Lipinski definition) is 10. The lowest BCUT2D eigenvalue weighted by Gasteiger charge is -2.24. The zero-order valence-corrected chi connectivity index (χ0v) is 19.8. The molecule has 0 aromatic heterocycles. The second kappa shape index (κ2) is 19.1. The smallest absolute Gasteiger partial charge is 0.308 e. The molecule has 0 saturated heterocycles. The molecule has 10 nitrogen and oxygen atoms in total. The Morgan fingerprint density at radius 3 is 2.26 bits per heavy atom. The predicted molar refractivity (Wildman–Crippen MR) is 116 cm³/mol. The van der Waals surface area contributed by atoms with Crippen molar-refractivity contribution in [3.63, 3.8) is 0 Å². The second-order valence-corrected chi connectivity index (χ2v) is 8.62. The van der Waals surface area contributed by atoms with Gasteiger partial charge in [0.25, 0.3) is 0 Å². The Bertz CT molecular complexity index is 442. The molecule has 11 heteroatoms. The molecule has 0 spiro atoms. The molecule has 31 heavy (non-hydrogen) atoms. The number of aliphatic hydroxyl groups excluding tert-OH is 5. The molecule has 6 unspecified atom stereocenters. The minimum Gasteiger partial charge on any atom is -0.436 e. The number of carbonyl (C=O) groups is 1. The van der Waals surface area contributed by atoms with Crippen LogP contribution in [0, 0.1) is 0 Å². The van der Waals surface area contributed by atoms with Crippen LogP contribution in [-0.4, -0.2) is 94.9 Å². The number of ether oxygens (including phenoxy) is 4. The Labute approximate surface area is 186 Å². The highest BCUT2D eigenvalue weighted by Gasteiger charge is 2.23. The molecule has 0 aliphatic carbocycles. The summed E-state index contributed by atoms with van der Waals surface area (Å²) in [6.07, 6.45) is 0.189. The van der Waals surface area contributed by atoms with Crippen molar-refractivity contribution in [1.29, 1.82) is 0 Å². The van der Waals surface area contributed by atoms with E-state index >= 15 is 0 Å². The molecular formula is C20H41O10P. The van der Waals surface area contributed by atoms with Crippen LogP contribution in [0.15, 0.2) is 0 Å². The van der Waals surface area contributed by atoms with Crippen molar-refractivity contribution in [2.24, 2.45) is 0 Å². The zero-order chi connectivity index (χ0) is 23.6. The molecule has 0 aliphatic heterocycles. The van der Waals surface area contributed by atoms with Gasteiger partial charge in [0.1, 0.15) is 11.9 Å². The van der Waals surface area contributed by atoms with Gasteiger partial charge in [-0.1, -0.05) is 27.8 Å². The third kappa shape index (κ3) is 15.9. The highest BCUT2D eigenvalue weighted by atomic mass is 31.1. The van der Waals surface area contributed by atoms with Crippen LogP contribution < -0.4 is 0 Å². The van der Waals surface area contributed by atoms with Crippen LogP contribution >= 0.6 is 8.58 Å². The molecule has 0 aromatic rings. The summed E-state index contributed by atoms with van der Waals surface area (Å²) in [4.78, 5) is 11.8. The first-order valence-corrected chi connectivity index (χ1v) is 12.0. The van der Waals surface area contributed by atoms with Gasteiger partial charge in [-0.25, -0.2) is 0 Å². The predicted octanol–water partition coefficient (Wildman–Crippen LogP) is 0.661. The average Bonchev–Trinajstić information content (AvgIpc) is 2.73. The Morgan fingerprint density at radius 2 is 1.65 bits per heavy atom. The van der Waals surface area contributed by atoms with E-state index in [1.807, 2.05) is 0 Å². The number of carbonyl (C=O) groups excluding carboxylic acids is 1. The van der Waals surface area contributed by atoms with Crippen molar-refractivity contribution in [2.45, 2.75) is 95.5 Å². The van der Waals surface area contributed by atoms with E-state index in [1.165, 1.54) is 14.0 Å². The van der Waals surface area contributed by atoms with Gasteiger partial charge >= 0.3 is 5.97 Å². The number of hydrogen-bond donors (Lipinski definition) is 5. The molecule has 0 amide bonds. The Morgan fingerprint density at radius 1 is 1.00 bits per heavy atom. The van der Waals surface area contributed by atoms with Crippen LogP contribution in [0.5, 0.6) is 0 Å². The van der Waals surface area contributed by atoms with E-state index in [1.54, 1.807) is 6.92 Å². The highest BCUT2D eigenvalue weighted by Crippen LogP contribution is 2.21. The molecule has 0 rings (SSSR count). The maximum absolute atomic E-state index is 11.8. The number of unbranched alkanes of at least 4 members (excludes halogenated alkanes) is 4. The summed E-state index contributed by atoms with van der Waals surface area (Å²) >= 11 is 0. The third-order valence-electron chi connectivity index (χ3n) is 4.69. The molecule has 7 atom stereocenters. The molecule has 0 aromatic carbocycles. The normalized spacial score (nSPS) is 17.9. The van der Waals surface area contributed by atoms with E-state index in [9.17, 15) is 25.2 Å². The number of aliphatic hydroxyl groups is 5. The van der Waals surface area contributed by atoms with Gasteiger partial charge in [-0.3, -0.25) is 4.79 Å². The molecule has 0 heterocycles. The fraction of sp³-hybridized carbons (Fsp3) is 0.950. The van der Waals surface area contributed by atoms with Gasteiger partial charge in [-0.15, -0.1) is 0 Å². The van der Waals surface area contributed by atoms with Gasteiger partial charge in [0.05, 0.1) is 25.2 Å². The van der Waals surface area contributed by atoms with E-state index in [-0.39, 0.29) is 33.9 Å². The minimum absolute atomic E-state index is 0.0963. The van der Waals surface area contributed by atoms with Crippen molar-refractivity contribution in [3.05, 3.63) is 0 Å². The van der Waals surface area contributed by atoms with Crippen molar-refractivity contribution in [2.75, 3.05) is 26.7 Å². The first kappa shape index (κ1) is 30.6. The van der Waals surface area contributed by atoms with Crippen LogP contribution in [0.25, 0.3) is 0 Å². The second-order valence-electron chi connectivity index (χ2n) is 7.31.